The van der Waals surface area contributed by atoms with Crippen LogP contribution in [0.4, 0.5) is 0 Å². The molecule has 4 heteroatoms. The normalized spacial score (nSPS) is 36.7. The fourth-order valence-corrected chi connectivity index (χ4v) is 3.76. The number of carbonyl (C=O) groups is 1. The number of carbonyl (C=O) groups excluding carboxylic acids is 1. The highest BCUT2D eigenvalue weighted by Crippen LogP contribution is 2.30. The minimum absolute atomic E-state index is 0.210. The molecule has 1 saturated carbocycles. The maximum atomic E-state index is 12.9. The average molecular weight is 281 g/mol. The van der Waals surface area contributed by atoms with E-state index in [1.54, 1.807) is 0 Å². The van der Waals surface area contributed by atoms with Crippen LogP contribution in [0.2, 0.25) is 0 Å². The Morgan fingerprint density at radius 2 is 2.05 bits per heavy atom. The van der Waals surface area contributed by atoms with Crippen LogP contribution in [0.3, 0.4) is 0 Å². The van der Waals surface area contributed by atoms with Crippen molar-refractivity contribution < 1.29 is 4.79 Å². The Hall–Kier alpha value is -0.610. The van der Waals surface area contributed by atoms with Crippen molar-refractivity contribution in [2.45, 2.75) is 58.0 Å². The van der Waals surface area contributed by atoms with Crippen molar-refractivity contribution >= 4 is 5.91 Å². The van der Waals surface area contributed by atoms with Gasteiger partial charge in [-0.2, -0.15) is 0 Å². The lowest BCUT2D eigenvalue weighted by Crippen LogP contribution is -2.48. The minimum Gasteiger partial charge on any atom is -0.338 e. The summed E-state index contributed by atoms with van der Waals surface area (Å²) in [7, 11) is 2.17. The predicted molar refractivity (Wildman–Crippen MR) is 82.4 cm³/mol. The molecule has 0 radical (unpaired) electrons. The van der Waals surface area contributed by atoms with Gasteiger partial charge in [0.05, 0.1) is 0 Å². The van der Waals surface area contributed by atoms with Crippen molar-refractivity contribution in [2.24, 2.45) is 17.6 Å². The maximum Gasteiger partial charge on any atom is 0.225 e. The van der Waals surface area contributed by atoms with Crippen molar-refractivity contribution in [3.63, 3.8) is 0 Å². The zero-order valence-corrected chi connectivity index (χ0v) is 13.3. The lowest BCUT2D eigenvalue weighted by atomic mass is 9.78. The van der Waals surface area contributed by atoms with E-state index in [-0.39, 0.29) is 12.0 Å². The van der Waals surface area contributed by atoms with E-state index in [2.05, 4.69) is 30.7 Å². The molecule has 4 nitrogen and oxygen atoms in total. The fraction of sp³-hybridized carbons (Fsp3) is 0.938. The van der Waals surface area contributed by atoms with Gasteiger partial charge >= 0.3 is 0 Å². The van der Waals surface area contributed by atoms with Gasteiger partial charge in [-0.05, 0) is 51.6 Å². The summed E-state index contributed by atoms with van der Waals surface area (Å²) in [6.07, 6.45) is 5.11. The molecule has 1 aliphatic carbocycles. The van der Waals surface area contributed by atoms with Crippen LogP contribution >= 0.6 is 0 Å². The highest BCUT2D eigenvalue weighted by atomic mass is 16.2. The molecule has 2 N–H and O–H groups in total. The Morgan fingerprint density at radius 1 is 1.30 bits per heavy atom. The lowest BCUT2D eigenvalue weighted by Gasteiger charge is -2.37. The average Bonchev–Trinajstić information content (AvgIpc) is 2.62. The largest absolute Gasteiger partial charge is 0.338 e. The Labute approximate surface area is 123 Å². The standard InChI is InChI=1S/C16H31N3O/c1-4-14-11-18(3)8-5-9-19(14)16(20)13-6-7-15(17)12(2)10-13/h12-15H,4-11,17H2,1-3H3. The molecule has 1 amide bonds. The molecule has 2 aliphatic rings. The van der Waals surface area contributed by atoms with Gasteiger partial charge in [-0.1, -0.05) is 13.8 Å². The van der Waals surface area contributed by atoms with Crippen LogP contribution in [0, 0.1) is 11.8 Å². The molecule has 116 valence electrons. The molecule has 4 atom stereocenters. The first kappa shape index (κ1) is 15.8. The second-order valence-corrected chi connectivity index (χ2v) is 6.86. The van der Waals surface area contributed by atoms with Gasteiger partial charge < -0.3 is 15.5 Å². The summed E-state index contributed by atoms with van der Waals surface area (Å²) < 4.78 is 0. The number of nitrogens with two attached hydrogens (primary N) is 1. The lowest BCUT2D eigenvalue weighted by molar-refractivity contribution is -0.139. The number of hydrogen-bond donors (Lipinski definition) is 1. The zero-order valence-electron chi connectivity index (χ0n) is 13.3. The Kier molecular flexibility index (Phi) is 5.44. The van der Waals surface area contributed by atoms with Crippen LogP contribution in [0.15, 0.2) is 0 Å². The Balaban J connectivity index is 2.02. The van der Waals surface area contributed by atoms with Gasteiger partial charge in [-0.15, -0.1) is 0 Å². The molecule has 0 bridgehead atoms. The van der Waals surface area contributed by atoms with Crippen LogP contribution in [0.5, 0.6) is 0 Å². The molecular weight excluding hydrogens is 250 g/mol. The van der Waals surface area contributed by atoms with Gasteiger partial charge in [-0.25, -0.2) is 0 Å². The van der Waals surface area contributed by atoms with Crippen LogP contribution in [0.25, 0.3) is 0 Å². The van der Waals surface area contributed by atoms with E-state index >= 15 is 0 Å². The van der Waals surface area contributed by atoms with Gasteiger partial charge in [0, 0.05) is 31.1 Å². The van der Waals surface area contributed by atoms with E-state index < -0.39 is 0 Å². The van der Waals surface area contributed by atoms with Crippen molar-refractivity contribution in [1.82, 2.24) is 9.80 Å². The van der Waals surface area contributed by atoms with Crippen LogP contribution in [-0.2, 0) is 4.79 Å². The van der Waals surface area contributed by atoms with Crippen molar-refractivity contribution in [2.75, 3.05) is 26.7 Å². The topological polar surface area (TPSA) is 49.6 Å². The second kappa shape index (κ2) is 6.90. The van der Waals surface area contributed by atoms with E-state index in [0.717, 1.165) is 51.7 Å². The van der Waals surface area contributed by atoms with Crippen molar-refractivity contribution in [3.05, 3.63) is 0 Å². The summed E-state index contributed by atoms with van der Waals surface area (Å²) in [5.41, 5.74) is 6.08. The van der Waals surface area contributed by atoms with E-state index in [0.29, 0.717) is 17.9 Å². The summed E-state index contributed by atoms with van der Waals surface area (Å²) in [5, 5.41) is 0. The summed E-state index contributed by atoms with van der Waals surface area (Å²) in [6.45, 7) is 7.44. The van der Waals surface area contributed by atoms with Gasteiger partial charge in [0.15, 0.2) is 0 Å². The molecule has 0 aromatic heterocycles. The third-order valence-corrected chi connectivity index (χ3v) is 5.24. The van der Waals surface area contributed by atoms with Gasteiger partial charge in [0.2, 0.25) is 5.91 Å². The first-order chi connectivity index (χ1) is 9.52. The molecule has 2 rings (SSSR count). The van der Waals surface area contributed by atoms with Crippen LogP contribution in [-0.4, -0.2) is 54.5 Å². The van der Waals surface area contributed by atoms with Crippen LogP contribution < -0.4 is 5.73 Å². The number of rotatable bonds is 2. The highest BCUT2D eigenvalue weighted by molar-refractivity contribution is 5.79. The molecule has 0 spiro atoms. The molecule has 0 aromatic carbocycles. The summed E-state index contributed by atoms with van der Waals surface area (Å²) >= 11 is 0. The molecule has 1 aliphatic heterocycles. The Bertz CT molecular complexity index is 334. The van der Waals surface area contributed by atoms with E-state index in [4.69, 9.17) is 5.73 Å². The van der Waals surface area contributed by atoms with Crippen molar-refractivity contribution in [3.8, 4) is 0 Å². The smallest absolute Gasteiger partial charge is 0.225 e. The molecule has 1 heterocycles. The highest BCUT2D eigenvalue weighted by Gasteiger charge is 2.35. The first-order valence-electron chi connectivity index (χ1n) is 8.27. The molecule has 20 heavy (non-hydrogen) atoms. The van der Waals surface area contributed by atoms with E-state index in [1.165, 1.54) is 0 Å². The molecular formula is C16H31N3O. The predicted octanol–water partition coefficient (Wildman–Crippen LogP) is 1.69. The summed E-state index contributed by atoms with van der Waals surface area (Å²) in [4.78, 5) is 17.4. The molecule has 4 unspecified atom stereocenters. The Morgan fingerprint density at radius 3 is 2.70 bits per heavy atom. The third-order valence-electron chi connectivity index (χ3n) is 5.24. The van der Waals surface area contributed by atoms with Gasteiger partial charge in [0.25, 0.3) is 0 Å². The molecule has 2 fully saturated rings. The fourth-order valence-electron chi connectivity index (χ4n) is 3.76. The summed E-state index contributed by atoms with van der Waals surface area (Å²) in [6, 6.07) is 0.678. The third kappa shape index (κ3) is 3.53. The van der Waals surface area contributed by atoms with Crippen molar-refractivity contribution in [1.29, 1.82) is 0 Å². The zero-order chi connectivity index (χ0) is 14.7. The maximum absolute atomic E-state index is 12.9. The quantitative estimate of drug-likeness (QED) is 0.838. The summed E-state index contributed by atoms with van der Waals surface area (Å²) in [5.74, 6) is 1.08. The van der Waals surface area contributed by atoms with Gasteiger partial charge in [-0.3, -0.25) is 4.79 Å². The number of amides is 1. The number of nitrogens with zero attached hydrogens (tertiary/aromatic N) is 2. The van der Waals surface area contributed by atoms with E-state index in [1.807, 2.05) is 0 Å². The first-order valence-corrected chi connectivity index (χ1v) is 8.27. The number of hydrogen-bond acceptors (Lipinski definition) is 3. The van der Waals surface area contributed by atoms with E-state index in [9.17, 15) is 4.79 Å². The minimum atomic E-state index is 0.210. The second-order valence-electron chi connectivity index (χ2n) is 6.86. The van der Waals surface area contributed by atoms with Crippen LogP contribution in [0.1, 0.15) is 46.0 Å². The van der Waals surface area contributed by atoms with Gasteiger partial charge in [0.1, 0.15) is 0 Å². The SMILES string of the molecule is CCC1CN(C)CCCN1C(=O)C1CCC(N)C(C)C1. The molecule has 0 aromatic rings. The number of likely N-dealkylation sites (N-methyl/N-ethyl adjacent to an activating group) is 1. The monoisotopic (exact) mass is 281 g/mol. The molecule has 1 saturated heterocycles.